The second-order valence-corrected chi connectivity index (χ2v) is 5.53. The minimum Gasteiger partial charge on any atom is -0.170 e. The minimum atomic E-state index is -4.50. The third-order valence-corrected chi connectivity index (χ3v) is 3.99. The summed E-state index contributed by atoms with van der Waals surface area (Å²) in [5, 5.41) is -0.775. The number of benzene rings is 1. The highest BCUT2D eigenvalue weighted by molar-refractivity contribution is 6.34. The van der Waals surface area contributed by atoms with Gasteiger partial charge in [-0.1, -0.05) is 35.4 Å². The first kappa shape index (κ1) is 14.0. The summed E-state index contributed by atoms with van der Waals surface area (Å²) in [6.45, 7) is 0. The van der Waals surface area contributed by atoms with Crippen molar-refractivity contribution >= 4 is 34.8 Å². The number of halogens is 6. The zero-order valence-electron chi connectivity index (χ0n) is 8.94. The maximum Gasteiger partial charge on any atom is 0.403 e. The lowest BCUT2D eigenvalue weighted by molar-refractivity contribution is -0.174. The summed E-state index contributed by atoms with van der Waals surface area (Å²) in [6.07, 6.45) is -1.82. The van der Waals surface area contributed by atoms with Gasteiger partial charge in [-0.3, -0.25) is 0 Å². The quantitative estimate of drug-likeness (QED) is 0.483. The topological polar surface area (TPSA) is 0 Å². The lowest BCUT2D eigenvalue weighted by atomic mass is 9.79. The van der Waals surface area contributed by atoms with E-state index in [1.807, 2.05) is 0 Å². The van der Waals surface area contributed by atoms with Crippen molar-refractivity contribution in [1.82, 2.24) is 0 Å². The predicted octanol–water partition coefficient (Wildman–Crippen LogP) is 5.36. The van der Waals surface area contributed by atoms with Gasteiger partial charge in [-0.2, -0.15) is 13.2 Å². The number of alkyl halides is 4. The van der Waals surface area contributed by atoms with Crippen LogP contribution in [0.15, 0.2) is 30.4 Å². The first-order valence-electron chi connectivity index (χ1n) is 5.12. The van der Waals surface area contributed by atoms with Crippen LogP contribution in [0.25, 0.3) is 0 Å². The van der Waals surface area contributed by atoms with E-state index in [1.54, 1.807) is 0 Å². The van der Waals surface area contributed by atoms with E-state index in [0.29, 0.717) is 0 Å². The molecule has 0 saturated heterocycles. The molecule has 0 saturated carbocycles. The Hall–Kier alpha value is -0.380. The van der Waals surface area contributed by atoms with Crippen LogP contribution in [0, 0.1) is 0 Å². The highest BCUT2D eigenvalue weighted by Gasteiger charge is 2.60. The van der Waals surface area contributed by atoms with E-state index in [9.17, 15) is 13.2 Å². The average Bonchev–Trinajstić information content (AvgIpc) is 2.58. The van der Waals surface area contributed by atoms with Crippen molar-refractivity contribution in [3.05, 3.63) is 46.0 Å². The SMILES string of the molecule is FC(F)(F)C1(c2cc(Cl)cc(Cl)c2)C=CCC1Cl. The van der Waals surface area contributed by atoms with E-state index in [0.717, 1.165) is 6.08 Å². The highest BCUT2D eigenvalue weighted by atomic mass is 35.5. The smallest absolute Gasteiger partial charge is 0.170 e. The molecule has 0 heterocycles. The van der Waals surface area contributed by atoms with Gasteiger partial charge < -0.3 is 0 Å². The van der Waals surface area contributed by atoms with Crippen LogP contribution in [0.1, 0.15) is 12.0 Å². The third-order valence-electron chi connectivity index (χ3n) is 3.03. The fourth-order valence-electron chi connectivity index (χ4n) is 2.17. The van der Waals surface area contributed by atoms with Crippen LogP contribution in [-0.4, -0.2) is 11.6 Å². The van der Waals surface area contributed by atoms with Gasteiger partial charge in [-0.05, 0) is 30.2 Å². The molecule has 1 aromatic rings. The van der Waals surface area contributed by atoms with Crippen LogP contribution in [0.4, 0.5) is 13.2 Å². The molecule has 1 aliphatic rings. The second-order valence-electron chi connectivity index (χ2n) is 4.13. The van der Waals surface area contributed by atoms with E-state index in [4.69, 9.17) is 34.8 Å². The van der Waals surface area contributed by atoms with Crippen molar-refractivity contribution in [1.29, 1.82) is 0 Å². The molecule has 0 nitrogen and oxygen atoms in total. The van der Waals surface area contributed by atoms with Crippen molar-refractivity contribution in [3.63, 3.8) is 0 Å². The van der Waals surface area contributed by atoms with Gasteiger partial charge in [0.15, 0.2) is 0 Å². The van der Waals surface area contributed by atoms with Gasteiger partial charge >= 0.3 is 6.18 Å². The molecule has 2 unspecified atom stereocenters. The Bertz CT molecular complexity index is 476. The number of rotatable bonds is 1. The summed E-state index contributed by atoms with van der Waals surface area (Å²) >= 11 is 17.4. The summed E-state index contributed by atoms with van der Waals surface area (Å²) in [5.41, 5.74) is -2.25. The van der Waals surface area contributed by atoms with E-state index >= 15 is 0 Å². The monoisotopic (exact) mass is 314 g/mol. The van der Waals surface area contributed by atoms with Crippen molar-refractivity contribution in [3.8, 4) is 0 Å². The van der Waals surface area contributed by atoms with Gasteiger partial charge in [0.1, 0.15) is 5.41 Å². The first-order valence-corrected chi connectivity index (χ1v) is 6.31. The van der Waals surface area contributed by atoms with Gasteiger partial charge in [0, 0.05) is 10.0 Å². The van der Waals surface area contributed by atoms with E-state index in [-0.39, 0.29) is 22.0 Å². The molecule has 0 radical (unpaired) electrons. The Morgan fingerprint density at radius 3 is 2.06 bits per heavy atom. The number of hydrogen-bond donors (Lipinski definition) is 0. The molecule has 1 aromatic carbocycles. The van der Waals surface area contributed by atoms with Crippen molar-refractivity contribution in [2.75, 3.05) is 0 Å². The molecule has 2 rings (SSSR count). The van der Waals surface area contributed by atoms with Gasteiger partial charge in [0.2, 0.25) is 0 Å². The van der Waals surface area contributed by atoms with Crippen molar-refractivity contribution in [2.24, 2.45) is 0 Å². The zero-order valence-corrected chi connectivity index (χ0v) is 11.2. The predicted molar refractivity (Wildman–Crippen MR) is 67.6 cm³/mol. The Balaban J connectivity index is 2.65. The second kappa shape index (κ2) is 4.62. The minimum absolute atomic E-state index is 0.0266. The summed E-state index contributed by atoms with van der Waals surface area (Å²) < 4.78 is 40.2. The maximum atomic E-state index is 13.4. The summed E-state index contributed by atoms with van der Waals surface area (Å²) in [5.74, 6) is 0. The first-order chi connectivity index (χ1) is 8.27. The maximum absolute atomic E-state index is 13.4. The van der Waals surface area contributed by atoms with Gasteiger partial charge in [0.05, 0.1) is 5.38 Å². The molecule has 1 aliphatic carbocycles. The molecule has 0 aliphatic heterocycles. The number of allylic oxidation sites excluding steroid dienone is 2. The van der Waals surface area contributed by atoms with Crippen LogP contribution >= 0.6 is 34.8 Å². The highest BCUT2D eigenvalue weighted by Crippen LogP contribution is 2.51. The van der Waals surface area contributed by atoms with Gasteiger partial charge in [0.25, 0.3) is 0 Å². The summed E-state index contributed by atoms with van der Waals surface area (Å²) in [4.78, 5) is 0. The van der Waals surface area contributed by atoms with E-state index in [1.165, 1.54) is 24.3 Å². The molecular weight excluding hydrogens is 307 g/mol. The number of hydrogen-bond acceptors (Lipinski definition) is 0. The molecule has 98 valence electrons. The molecule has 0 fully saturated rings. The average molecular weight is 316 g/mol. The molecule has 0 aromatic heterocycles. The Kier molecular flexibility index (Phi) is 3.60. The van der Waals surface area contributed by atoms with Crippen LogP contribution in [-0.2, 0) is 5.41 Å². The fourth-order valence-corrected chi connectivity index (χ4v) is 3.12. The van der Waals surface area contributed by atoms with Crippen LogP contribution < -0.4 is 0 Å². The molecule has 0 spiro atoms. The normalized spacial score (nSPS) is 27.8. The van der Waals surface area contributed by atoms with E-state index in [2.05, 4.69) is 0 Å². The Morgan fingerprint density at radius 2 is 1.67 bits per heavy atom. The molecule has 0 bridgehead atoms. The third kappa shape index (κ3) is 2.13. The van der Waals surface area contributed by atoms with Gasteiger partial charge in [-0.15, -0.1) is 11.6 Å². The molecule has 18 heavy (non-hydrogen) atoms. The van der Waals surface area contributed by atoms with E-state index < -0.39 is 17.0 Å². The van der Waals surface area contributed by atoms with Gasteiger partial charge in [-0.25, -0.2) is 0 Å². The zero-order chi connectivity index (χ0) is 13.6. The molecule has 6 heteroatoms. The van der Waals surface area contributed by atoms with Crippen molar-refractivity contribution in [2.45, 2.75) is 23.4 Å². The molecule has 0 amide bonds. The lowest BCUT2D eigenvalue weighted by Gasteiger charge is -2.34. The Labute approximate surface area is 117 Å². The molecular formula is C12H8Cl3F3. The van der Waals surface area contributed by atoms with Crippen LogP contribution in [0.3, 0.4) is 0 Å². The standard InChI is InChI=1S/C12H8Cl3F3/c13-8-4-7(5-9(14)6-8)11(12(16,17)18)3-1-2-10(11)15/h1,3-6,10H,2H2. The molecule has 2 atom stereocenters. The molecule has 0 N–H and O–H groups in total. The summed E-state index contributed by atoms with van der Waals surface area (Å²) in [7, 11) is 0. The lowest BCUT2D eigenvalue weighted by Crippen LogP contribution is -2.45. The fraction of sp³-hybridized carbons (Fsp3) is 0.333. The largest absolute Gasteiger partial charge is 0.403 e. The van der Waals surface area contributed by atoms with Crippen LogP contribution in [0.2, 0.25) is 10.0 Å². The van der Waals surface area contributed by atoms with Crippen molar-refractivity contribution < 1.29 is 13.2 Å². The Morgan fingerprint density at radius 1 is 1.11 bits per heavy atom. The summed E-state index contributed by atoms with van der Waals surface area (Å²) in [6, 6.07) is 3.90. The van der Waals surface area contributed by atoms with Crippen LogP contribution in [0.5, 0.6) is 0 Å².